The fraction of sp³-hybridized carbons (Fsp3) is 0.250. The lowest BCUT2D eigenvalue weighted by atomic mass is 10.1. The Kier molecular flexibility index (Phi) is 4.46. The third kappa shape index (κ3) is 3.49. The van der Waals surface area contributed by atoms with Gasteiger partial charge in [0.25, 0.3) is 0 Å². The molecule has 1 unspecified atom stereocenters. The van der Waals surface area contributed by atoms with Gasteiger partial charge in [0.2, 0.25) is 0 Å². The van der Waals surface area contributed by atoms with Crippen LogP contribution in [0, 0.1) is 6.92 Å². The van der Waals surface area contributed by atoms with Gasteiger partial charge in [-0.15, -0.1) is 0 Å². The number of halogens is 1. The van der Waals surface area contributed by atoms with Crippen LogP contribution in [0.1, 0.15) is 18.1 Å². The van der Waals surface area contributed by atoms with Gasteiger partial charge in [-0.2, -0.15) is 0 Å². The first kappa shape index (κ1) is 13.9. The van der Waals surface area contributed by atoms with Gasteiger partial charge in [-0.3, -0.25) is 0 Å². The van der Waals surface area contributed by atoms with Crippen LogP contribution in [0.4, 0.5) is 0 Å². The summed E-state index contributed by atoms with van der Waals surface area (Å²) in [5, 5.41) is 0.698. The average Bonchev–Trinajstić information content (AvgIpc) is 2.36. The molecule has 2 nitrogen and oxygen atoms in total. The van der Waals surface area contributed by atoms with Crippen molar-refractivity contribution in [3.05, 3.63) is 58.6 Å². The zero-order valence-corrected chi connectivity index (χ0v) is 11.9. The number of aryl methyl sites for hydroxylation is 1. The molecule has 3 heteroatoms. The van der Waals surface area contributed by atoms with Crippen molar-refractivity contribution in [2.24, 2.45) is 5.73 Å². The van der Waals surface area contributed by atoms with E-state index in [2.05, 4.69) is 0 Å². The molecule has 0 fully saturated rings. The highest BCUT2D eigenvalue weighted by Gasteiger charge is 2.11. The summed E-state index contributed by atoms with van der Waals surface area (Å²) >= 11 is 6.24. The van der Waals surface area contributed by atoms with Gasteiger partial charge in [0.05, 0.1) is 0 Å². The molecule has 0 spiro atoms. The average molecular weight is 276 g/mol. The van der Waals surface area contributed by atoms with Crippen molar-refractivity contribution in [3.8, 4) is 11.5 Å². The number of ether oxygens (including phenoxy) is 1. The monoisotopic (exact) mass is 275 g/mol. The van der Waals surface area contributed by atoms with Crippen LogP contribution in [0.15, 0.2) is 42.5 Å². The van der Waals surface area contributed by atoms with E-state index < -0.39 is 0 Å². The molecule has 1 atom stereocenters. The van der Waals surface area contributed by atoms with E-state index in [9.17, 15) is 0 Å². The summed E-state index contributed by atoms with van der Waals surface area (Å²) in [7, 11) is 0. The van der Waals surface area contributed by atoms with Gasteiger partial charge in [0.1, 0.15) is 11.5 Å². The second-order valence-corrected chi connectivity index (χ2v) is 5.17. The molecule has 19 heavy (non-hydrogen) atoms. The Morgan fingerprint density at radius 2 is 1.79 bits per heavy atom. The zero-order chi connectivity index (χ0) is 13.8. The maximum atomic E-state index is 6.24. The number of para-hydroxylation sites is 1. The molecule has 0 aliphatic carbocycles. The lowest BCUT2D eigenvalue weighted by Gasteiger charge is -2.15. The van der Waals surface area contributed by atoms with Gasteiger partial charge in [-0.25, -0.2) is 0 Å². The van der Waals surface area contributed by atoms with Gasteiger partial charge in [-0.05, 0) is 44.0 Å². The first-order valence-corrected chi connectivity index (χ1v) is 6.72. The molecule has 0 aliphatic heterocycles. The minimum Gasteiger partial charge on any atom is -0.457 e. The van der Waals surface area contributed by atoms with Crippen LogP contribution in [-0.4, -0.2) is 6.04 Å². The highest BCUT2D eigenvalue weighted by molar-refractivity contribution is 6.31. The summed E-state index contributed by atoms with van der Waals surface area (Å²) in [5.74, 6) is 1.62. The first-order valence-electron chi connectivity index (χ1n) is 6.34. The van der Waals surface area contributed by atoms with Gasteiger partial charge >= 0.3 is 0 Å². The molecule has 0 radical (unpaired) electrons. The maximum Gasteiger partial charge on any atom is 0.132 e. The lowest BCUT2D eigenvalue weighted by Crippen LogP contribution is -2.18. The highest BCUT2D eigenvalue weighted by atomic mass is 35.5. The lowest BCUT2D eigenvalue weighted by molar-refractivity contribution is 0.470. The molecule has 2 rings (SSSR count). The Labute approximate surface area is 119 Å². The van der Waals surface area contributed by atoms with Crippen LogP contribution in [-0.2, 0) is 6.42 Å². The fourth-order valence-corrected chi connectivity index (χ4v) is 2.19. The highest BCUT2D eigenvalue weighted by Crippen LogP contribution is 2.32. The normalized spacial score (nSPS) is 12.2. The van der Waals surface area contributed by atoms with Crippen LogP contribution >= 0.6 is 11.6 Å². The molecule has 0 aromatic heterocycles. The number of hydrogen-bond acceptors (Lipinski definition) is 2. The summed E-state index contributed by atoms with van der Waals surface area (Å²) < 4.78 is 5.98. The molecular formula is C16H18ClNO. The molecule has 0 heterocycles. The van der Waals surface area contributed by atoms with E-state index in [4.69, 9.17) is 22.1 Å². The molecule has 0 saturated carbocycles. The molecule has 2 aromatic carbocycles. The van der Waals surface area contributed by atoms with E-state index in [1.54, 1.807) is 0 Å². The molecular weight excluding hydrogens is 258 g/mol. The van der Waals surface area contributed by atoms with Crippen molar-refractivity contribution in [1.29, 1.82) is 0 Å². The van der Waals surface area contributed by atoms with E-state index >= 15 is 0 Å². The van der Waals surface area contributed by atoms with Crippen LogP contribution < -0.4 is 10.5 Å². The SMILES string of the molecule is Cc1ccccc1Oc1cccc(Cl)c1CC(C)N. The zero-order valence-electron chi connectivity index (χ0n) is 11.2. The Balaban J connectivity index is 2.35. The smallest absolute Gasteiger partial charge is 0.132 e. The summed E-state index contributed by atoms with van der Waals surface area (Å²) in [6.07, 6.45) is 0.695. The van der Waals surface area contributed by atoms with E-state index in [0.29, 0.717) is 11.4 Å². The topological polar surface area (TPSA) is 35.2 Å². The predicted molar refractivity (Wildman–Crippen MR) is 80.1 cm³/mol. The summed E-state index contributed by atoms with van der Waals surface area (Å²) in [4.78, 5) is 0. The Hall–Kier alpha value is -1.51. The van der Waals surface area contributed by atoms with Crippen molar-refractivity contribution in [2.45, 2.75) is 26.3 Å². The third-order valence-electron chi connectivity index (χ3n) is 2.92. The Bertz CT molecular complexity index is 566. The summed E-state index contributed by atoms with van der Waals surface area (Å²) in [5.41, 5.74) is 7.92. The molecule has 0 saturated heterocycles. The van der Waals surface area contributed by atoms with Gasteiger partial charge in [0.15, 0.2) is 0 Å². The van der Waals surface area contributed by atoms with Crippen molar-refractivity contribution >= 4 is 11.6 Å². The number of nitrogens with two attached hydrogens (primary N) is 1. The second-order valence-electron chi connectivity index (χ2n) is 4.77. The summed E-state index contributed by atoms with van der Waals surface area (Å²) in [6.45, 7) is 3.98. The minimum absolute atomic E-state index is 0.0409. The quantitative estimate of drug-likeness (QED) is 0.901. The summed E-state index contributed by atoms with van der Waals surface area (Å²) in [6, 6.07) is 13.6. The number of hydrogen-bond donors (Lipinski definition) is 1. The molecule has 0 amide bonds. The second kappa shape index (κ2) is 6.09. The van der Waals surface area contributed by atoms with Crippen LogP contribution in [0.3, 0.4) is 0 Å². The molecule has 0 aliphatic rings. The van der Waals surface area contributed by atoms with Crippen molar-refractivity contribution in [2.75, 3.05) is 0 Å². The number of rotatable bonds is 4. The first-order chi connectivity index (χ1) is 9.08. The van der Waals surface area contributed by atoms with Crippen LogP contribution in [0.5, 0.6) is 11.5 Å². The third-order valence-corrected chi connectivity index (χ3v) is 3.27. The van der Waals surface area contributed by atoms with E-state index in [1.807, 2.05) is 56.3 Å². The standard InChI is InChI=1S/C16H18ClNO/c1-11-6-3-4-8-15(11)19-16-9-5-7-14(17)13(16)10-12(2)18/h3-9,12H,10,18H2,1-2H3. The van der Waals surface area contributed by atoms with E-state index in [-0.39, 0.29) is 6.04 Å². The molecule has 2 N–H and O–H groups in total. The van der Waals surface area contributed by atoms with Gasteiger partial charge < -0.3 is 10.5 Å². The fourth-order valence-electron chi connectivity index (χ4n) is 1.94. The predicted octanol–water partition coefficient (Wildman–Crippen LogP) is 4.33. The van der Waals surface area contributed by atoms with Crippen molar-refractivity contribution in [3.63, 3.8) is 0 Å². The number of benzene rings is 2. The van der Waals surface area contributed by atoms with E-state index in [0.717, 1.165) is 22.6 Å². The van der Waals surface area contributed by atoms with Gasteiger partial charge in [0, 0.05) is 16.6 Å². The maximum absolute atomic E-state index is 6.24. The van der Waals surface area contributed by atoms with Gasteiger partial charge in [-0.1, -0.05) is 35.9 Å². The van der Waals surface area contributed by atoms with Crippen LogP contribution in [0.25, 0.3) is 0 Å². The molecule has 2 aromatic rings. The van der Waals surface area contributed by atoms with E-state index in [1.165, 1.54) is 0 Å². The largest absolute Gasteiger partial charge is 0.457 e. The van der Waals surface area contributed by atoms with Crippen molar-refractivity contribution < 1.29 is 4.74 Å². The minimum atomic E-state index is 0.0409. The van der Waals surface area contributed by atoms with Crippen molar-refractivity contribution in [1.82, 2.24) is 0 Å². The van der Waals surface area contributed by atoms with Crippen LogP contribution in [0.2, 0.25) is 5.02 Å². The Morgan fingerprint density at radius 3 is 2.47 bits per heavy atom. The molecule has 100 valence electrons. The Morgan fingerprint density at radius 1 is 1.11 bits per heavy atom. The molecule has 0 bridgehead atoms.